The molecule has 1 aromatic rings. The topological polar surface area (TPSA) is 60.2 Å². The molecule has 0 bridgehead atoms. The summed E-state index contributed by atoms with van der Waals surface area (Å²) >= 11 is 0. The summed E-state index contributed by atoms with van der Waals surface area (Å²) in [5, 5.41) is 3.30. The number of anilines is 1. The average Bonchev–Trinajstić information content (AvgIpc) is 2.27. The fourth-order valence-corrected chi connectivity index (χ4v) is 2.31. The summed E-state index contributed by atoms with van der Waals surface area (Å²) in [4.78, 5) is 4.23. The number of ether oxygens (including phenoxy) is 1. The van der Waals surface area contributed by atoms with E-state index in [4.69, 9.17) is 10.5 Å². The van der Waals surface area contributed by atoms with Gasteiger partial charge in [-0.15, -0.1) is 0 Å². The summed E-state index contributed by atoms with van der Waals surface area (Å²) < 4.78 is 5.67. The molecule has 0 radical (unpaired) electrons. The predicted octanol–water partition coefficient (Wildman–Crippen LogP) is 2.29. The van der Waals surface area contributed by atoms with Crippen LogP contribution in [0.2, 0.25) is 0 Å². The molecule has 0 aliphatic rings. The molecule has 2 atom stereocenters. The molecule has 4 nitrogen and oxygen atoms in total. The number of likely N-dealkylation sites (N-methyl/N-ethyl adjacent to an activating group) is 1. The van der Waals surface area contributed by atoms with Crippen molar-refractivity contribution < 1.29 is 4.74 Å². The number of hydrogen-bond acceptors (Lipinski definition) is 4. The van der Waals surface area contributed by atoms with Gasteiger partial charge in [-0.3, -0.25) is 0 Å². The Morgan fingerprint density at radius 3 is 2.44 bits per heavy atom. The molecule has 0 aliphatic heterocycles. The second-order valence-electron chi connectivity index (χ2n) is 5.78. The second-order valence-corrected chi connectivity index (χ2v) is 5.78. The van der Waals surface area contributed by atoms with Crippen molar-refractivity contribution in [3.63, 3.8) is 0 Å². The van der Waals surface area contributed by atoms with Crippen LogP contribution in [0.4, 0.5) is 5.82 Å². The van der Waals surface area contributed by atoms with E-state index in [-0.39, 0.29) is 17.6 Å². The molecule has 0 aromatic carbocycles. The summed E-state index contributed by atoms with van der Waals surface area (Å²) in [6.07, 6.45) is 1.80. The fraction of sp³-hybridized carbons (Fsp3) is 0.643. The Bertz CT molecular complexity index is 399. The third-order valence-corrected chi connectivity index (χ3v) is 3.14. The lowest BCUT2D eigenvalue weighted by atomic mass is 9.82. The van der Waals surface area contributed by atoms with E-state index >= 15 is 0 Å². The van der Waals surface area contributed by atoms with Crippen LogP contribution in [0.5, 0.6) is 0 Å². The largest absolute Gasteiger partial charge is 0.383 e. The summed E-state index contributed by atoms with van der Waals surface area (Å²) in [6, 6.07) is 2.10. The highest BCUT2D eigenvalue weighted by atomic mass is 16.5. The Hall–Kier alpha value is -1.13. The SMILES string of the molecule is CNC(c1cc(C)cnc1N)C(OC)C(C)(C)C. The zero-order valence-corrected chi connectivity index (χ0v) is 12.2. The van der Waals surface area contributed by atoms with Crippen LogP contribution in [0.25, 0.3) is 0 Å². The van der Waals surface area contributed by atoms with Crippen LogP contribution >= 0.6 is 0 Å². The minimum absolute atomic E-state index is 0.0125. The predicted molar refractivity (Wildman–Crippen MR) is 75.4 cm³/mol. The van der Waals surface area contributed by atoms with Gasteiger partial charge in [0.25, 0.3) is 0 Å². The monoisotopic (exact) mass is 251 g/mol. The van der Waals surface area contributed by atoms with Crippen molar-refractivity contribution >= 4 is 5.82 Å². The standard InChI is InChI=1S/C14H25N3O/c1-9-7-10(13(15)17-8-9)11(16-5)12(18-6)14(2,3)4/h7-8,11-12,16H,1-6H3,(H2,15,17). The van der Waals surface area contributed by atoms with E-state index in [9.17, 15) is 0 Å². The van der Waals surface area contributed by atoms with Gasteiger partial charge in [-0.25, -0.2) is 4.98 Å². The Labute approximate surface area is 110 Å². The molecule has 0 aliphatic carbocycles. The highest BCUT2D eigenvalue weighted by Crippen LogP contribution is 2.34. The summed E-state index contributed by atoms with van der Waals surface area (Å²) in [5.41, 5.74) is 8.11. The Balaban J connectivity index is 3.19. The number of methoxy groups -OCH3 is 1. The fourth-order valence-electron chi connectivity index (χ4n) is 2.31. The smallest absolute Gasteiger partial charge is 0.128 e. The van der Waals surface area contributed by atoms with Crippen molar-refractivity contribution in [2.75, 3.05) is 19.9 Å². The quantitative estimate of drug-likeness (QED) is 0.862. The van der Waals surface area contributed by atoms with E-state index in [2.05, 4.69) is 37.1 Å². The van der Waals surface area contributed by atoms with Crippen LogP contribution in [0.1, 0.15) is 37.9 Å². The van der Waals surface area contributed by atoms with Gasteiger partial charge in [-0.2, -0.15) is 0 Å². The van der Waals surface area contributed by atoms with Crippen LogP contribution in [0, 0.1) is 12.3 Å². The van der Waals surface area contributed by atoms with E-state index in [1.54, 1.807) is 13.3 Å². The van der Waals surface area contributed by atoms with E-state index in [0.29, 0.717) is 5.82 Å². The van der Waals surface area contributed by atoms with Crippen molar-refractivity contribution in [2.24, 2.45) is 5.41 Å². The van der Waals surface area contributed by atoms with Crippen LogP contribution < -0.4 is 11.1 Å². The number of nitrogen functional groups attached to an aromatic ring is 1. The lowest BCUT2D eigenvalue weighted by molar-refractivity contribution is -0.0100. The first-order valence-electron chi connectivity index (χ1n) is 6.23. The summed E-state index contributed by atoms with van der Waals surface area (Å²) in [7, 11) is 3.66. The van der Waals surface area contributed by atoms with E-state index < -0.39 is 0 Å². The first kappa shape index (κ1) is 14.9. The Morgan fingerprint density at radius 1 is 1.39 bits per heavy atom. The molecule has 0 fully saturated rings. The molecule has 18 heavy (non-hydrogen) atoms. The number of nitrogens with two attached hydrogens (primary N) is 1. The van der Waals surface area contributed by atoms with Gasteiger partial charge in [0, 0.05) is 18.9 Å². The van der Waals surface area contributed by atoms with E-state index in [1.807, 2.05) is 14.0 Å². The van der Waals surface area contributed by atoms with Crippen LogP contribution in [-0.4, -0.2) is 25.2 Å². The van der Waals surface area contributed by atoms with Gasteiger partial charge in [0.05, 0.1) is 12.1 Å². The molecule has 1 rings (SSSR count). The molecule has 2 unspecified atom stereocenters. The maximum Gasteiger partial charge on any atom is 0.128 e. The minimum Gasteiger partial charge on any atom is -0.383 e. The molecule has 0 spiro atoms. The molecule has 102 valence electrons. The van der Waals surface area contributed by atoms with Gasteiger partial charge in [0.2, 0.25) is 0 Å². The third-order valence-electron chi connectivity index (χ3n) is 3.14. The summed E-state index contributed by atoms with van der Waals surface area (Å²) in [5.74, 6) is 0.561. The number of aryl methyl sites for hydroxylation is 1. The highest BCUT2D eigenvalue weighted by Gasteiger charge is 2.33. The zero-order chi connectivity index (χ0) is 13.9. The molecule has 0 saturated heterocycles. The molecule has 3 N–H and O–H groups in total. The van der Waals surface area contributed by atoms with Crippen LogP contribution in [0.3, 0.4) is 0 Å². The number of pyridine rings is 1. The van der Waals surface area contributed by atoms with Gasteiger partial charge in [0.15, 0.2) is 0 Å². The lowest BCUT2D eigenvalue weighted by Crippen LogP contribution is -2.40. The lowest BCUT2D eigenvalue weighted by Gasteiger charge is -2.36. The van der Waals surface area contributed by atoms with E-state index in [1.165, 1.54) is 0 Å². The van der Waals surface area contributed by atoms with Gasteiger partial charge >= 0.3 is 0 Å². The Morgan fingerprint density at radius 2 is 2.00 bits per heavy atom. The molecular formula is C14H25N3O. The van der Waals surface area contributed by atoms with E-state index in [0.717, 1.165) is 11.1 Å². The van der Waals surface area contributed by atoms with Crippen LogP contribution in [-0.2, 0) is 4.74 Å². The molecule has 1 heterocycles. The third kappa shape index (κ3) is 3.21. The molecule has 0 amide bonds. The maximum atomic E-state index is 6.00. The zero-order valence-electron chi connectivity index (χ0n) is 12.2. The number of rotatable bonds is 4. The molecule has 1 aromatic heterocycles. The molecule has 0 saturated carbocycles. The first-order valence-corrected chi connectivity index (χ1v) is 6.23. The molecule has 4 heteroatoms. The summed E-state index contributed by atoms with van der Waals surface area (Å²) in [6.45, 7) is 8.49. The van der Waals surface area contributed by atoms with Gasteiger partial charge in [0.1, 0.15) is 5.82 Å². The van der Waals surface area contributed by atoms with Crippen molar-refractivity contribution in [3.8, 4) is 0 Å². The van der Waals surface area contributed by atoms with Crippen molar-refractivity contribution in [1.82, 2.24) is 10.3 Å². The Kier molecular flexibility index (Phi) is 4.71. The van der Waals surface area contributed by atoms with Gasteiger partial charge < -0.3 is 15.8 Å². The average molecular weight is 251 g/mol. The minimum atomic E-state index is 0.0125. The number of nitrogens with zero attached hydrogens (tertiary/aromatic N) is 1. The van der Waals surface area contributed by atoms with Crippen molar-refractivity contribution in [3.05, 3.63) is 23.4 Å². The number of hydrogen-bond donors (Lipinski definition) is 2. The van der Waals surface area contributed by atoms with Gasteiger partial charge in [-0.05, 0) is 31.0 Å². The molecular weight excluding hydrogens is 226 g/mol. The van der Waals surface area contributed by atoms with Crippen LogP contribution in [0.15, 0.2) is 12.3 Å². The number of aromatic nitrogens is 1. The normalized spacial score (nSPS) is 15.4. The first-order chi connectivity index (χ1) is 8.31. The van der Waals surface area contributed by atoms with Crippen molar-refractivity contribution in [2.45, 2.75) is 39.8 Å². The highest BCUT2D eigenvalue weighted by molar-refractivity contribution is 5.43. The van der Waals surface area contributed by atoms with Gasteiger partial charge in [-0.1, -0.05) is 20.8 Å². The second kappa shape index (κ2) is 5.67. The maximum absolute atomic E-state index is 6.00. The number of nitrogens with one attached hydrogen (secondary N) is 1. The van der Waals surface area contributed by atoms with Crippen molar-refractivity contribution in [1.29, 1.82) is 0 Å².